The molecule has 0 spiro atoms. The molecule has 0 aromatic heterocycles. The number of rotatable bonds is 5. The lowest BCUT2D eigenvalue weighted by molar-refractivity contribution is -0.147. The van der Waals surface area contributed by atoms with Crippen LogP contribution < -0.4 is 14.8 Å². The minimum absolute atomic E-state index is 0.115. The van der Waals surface area contributed by atoms with Gasteiger partial charge in [0.25, 0.3) is 5.91 Å². The van der Waals surface area contributed by atoms with Crippen molar-refractivity contribution in [3.63, 3.8) is 0 Å². The largest absolute Gasteiger partial charge is 0.489 e. The molecule has 3 aromatic rings. The third-order valence-electron chi connectivity index (χ3n) is 6.85. The maximum Gasteiger partial charge on any atom is 0.411 e. The van der Waals surface area contributed by atoms with E-state index in [4.69, 9.17) is 42.1 Å². The van der Waals surface area contributed by atoms with Crippen LogP contribution in [-0.4, -0.2) is 41.6 Å². The van der Waals surface area contributed by atoms with Crippen molar-refractivity contribution in [3.05, 3.63) is 86.9 Å². The highest BCUT2D eigenvalue weighted by Crippen LogP contribution is 2.40. The average molecular weight is 613 g/mol. The first-order valence-corrected chi connectivity index (χ1v) is 14.0. The maximum atomic E-state index is 13.0. The number of fused-ring (bicyclic) bond motifs is 2. The van der Waals surface area contributed by atoms with Gasteiger partial charge in [0.05, 0.1) is 29.4 Å². The second-order valence-electron chi connectivity index (χ2n) is 11.1. The fourth-order valence-corrected chi connectivity index (χ4v) is 5.12. The van der Waals surface area contributed by atoms with Crippen LogP contribution in [-0.2, 0) is 38.6 Å². The Labute approximate surface area is 253 Å². The van der Waals surface area contributed by atoms with Gasteiger partial charge in [-0.2, -0.15) is 0 Å². The summed E-state index contributed by atoms with van der Waals surface area (Å²) in [7, 11) is 1.28. The highest BCUT2D eigenvalue weighted by atomic mass is 35.5. The number of halogens is 2. The van der Waals surface area contributed by atoms with E-state index in [1.165, 1.54) is 12.0 Å². The molecule has 42 heavy (non-hydrogen) atoms. The number of hydrogen-bond donors (Lipinski definition) is 1. The molecule has 2 aliphatic rings. The molecule has 0 aliphatic carbocycles. The normalized spacial score (nSPS) is 17.8. The van der Waals surface area contributed by atoms with Gasteiger partial charge in [-0.25, -0.2) is 9.59 Å². The highest BCUT2D eigenvalue weighted by molar-refractivity contribution is 6.42. The van der Waals surface area contributed by atoms with Gasteiger partial charge in [0.15, 0.2) is 0 Å². The number of carbonyl (C=O) groups excluding carboxylic acids is 3. The number of ether oxygens (including phenoxy) is 4. The van der Waals surface area contributed by atoms with Crippen LogP contribution in [0.2, 0.25) is 10.0 Å². The summed E-state index contributed by atoms with van der Waals surface area (Å²) in [4.78, 5) is 40.0. The Hall–Kier alpha value is -3.95. The van der Waals surface area contributed by atoms with Gasteiger partial charge in [-0.3, -0.25) is 9.69 Å². The quantitative estimate of drug-likeness (QED) is 0.329. The van der Waals surface area contributed by atoms with Gasteiger partial charge in [0, 0.05) is 12.0 Å². The highest BCUT2D eigenvalue weighted by Gasteiger charge is 2.39. The van der Waals surface area contributed by atoms with Crippen LogP contribution >= 0.6 is 23.2 Å². The van der Waals surface area contributed by atoms with E-state index in [1.54, 1.807) is 69.3 Å². The molecule has 0 bridgehead atoms. The van der Waals surface area contributed by atoms with E-state index in [0.717, 1.165) is 16.7 Å². The van der Waals surface area contributed by atoms with Gasteiger partial charge in [-0.05, 0) is 73.9 Å². The molecule has 3 aromatic carbocycles. The summed E-state index contributed by atoms with van der Waals surface area (Å²) in [6.07, 6.45) is -1.31. The molecule has 0 fully saturated rings. The van der Waals surface area contributed by atoms with Crippen LogP contribution in [0.5, 0.6) is 11.5 Å². The molecule has 0 saturated carbocycles. The van der Waals surface area contributed by atoms with Gasteiger partial charge in [-0.15, -0.1) is 0 Å². The summed E-state index contributed by atoms with van der Waals surface area (Å²) >= 11 is 12.1. The predicted molar refractivity (Wildman–Crippen MR) is 157 cm³/mol. The average Bonchev–Trinajstić information content (AvgIpc) is 2.94. The lowest BCUT2D eigenvalue weighted by Crippen LogP contribution is -2.50. The van der Waals surface area contributed by atoms with Crippen molar-refractivity contribution in [1.82, 2.24) is 4.90 Å². The lowest BCUT2D eigenvalue weighted by Gasteiger charge is -2.37. The van der Waals surface area contributed by atoms with Crippen LogP contribution in [0, 0.1) is 0 Å². The first kappa shape index (κ1) is 29.5. The first-order chi connectivity index (χ1) is 19.9. The molecule has 2 unspecified atom stereocenters. The van der Waals surface area contributed by atoms with Gasteiger partial charge in [0.2, 0.25) is 6.10 Å². The van der Waals surface area contributed by atoms with E-state index >= 15 is 0 Å². The Bertz CT molecular complexity index is 1540. The van der Waals surface area contributed by atoms with Crippen LogP contribution in [0.4, 0.5) is 10.5 Å². The zero-order chi connectivity index (χ0) is 30.2. The summed E-state index contributed by atoms with van der Waals surface area (Å²) in [5.74, 6) is 0.188. The topological polar surface area (TPSA) is 103 Å². The molecule has 1 N–H and O–H groups in total. The van der Waals surface area contributed by atoms with E-state index in [1.807, 2.05) is 6.07 Å². The molecule has 9 nitrogen and oxygen atoms in total. The van der Waals surface area contributed by atoms with Gasteiger partial charge < -0.3 is 24.3 Å². The number of anilines is 1. The molecule has 5 rings (SSSR count). The molecule has 0 saturated heterocycles. The Morgan fingerprint density at radius 2 is 1.76 bits per heavy atom. The predicted octanol–water partition coefficient (Wildman–Crippen LogP) is 6.48. The zero-order valence-electron chi connectivity index (χ0n) is 23.5. The smallest absolute Gasteiger partial charge is 0.411 e. The minimum atomic E-state index is -0.895. The van der Waals surface area contributed by atoms with E-state index in [9.17, 15) is 14.4 Å². The van der Waals surface area contributed by atoms with Gasteiger partial charge >= 0.3 is 12.1 Å². The Morgan fingerprint density at radius 1 is 1.02 bits per heavy atom. The molecule has 2 amide bonds. The van der Waals surface area contributed by atoms with Crippen molar-refractivity contribution in [2.75, 3.05) is 12.4 Å². The first-order valence-electron chi connectivity index (χ1n) is 13.3. The Balaban J connectivity index is 1.32. The summed E-state index contributed by atoms with van der Waals surface area (Å²) in [5.41, 5.74) is 2.84. The fraction of sp³-hybridized carbons (Fsp3) is 0.323. The van der Waals surface area contributed by atoms with Crippen LogP contribution in [0.1, 0.15) is 49.1 Å². The monoisotopic (exact) mass is 612 g/mol. The SMILES string of the molecule is COC(=O)C1Cc2cc3c(cc2CN1C(=O)OC(C)(C)C)OC(c1ccc(OCc2ccc(Cl)c(Cl)c2)cc1)C(=O)N3. The number of esters is 1. The van der Waals surface area contributed by atoms with Crippen molar-refractivity contribution >= 4 is 46.9 Å². The summed E-state index contributed by atoms with van der Waals surface area (Å²) in [5, 5.41) is 3.84. The lowest BCUT2D eigenvalue weighted by atomic mass is 9.92. The molecular weight excluding hydrogens is 583 g/mol. The molecule has 0 radical (unpaired) electrons. The number of carbonyl (C=O) groups is 3. The van der Waals surface area contributed by atoms with Crippen molar-refractivity contribution in [2.24, 2.45) is 0 Å². The molecule has 2 heterocycles. The van der Waals surface area contributed by atoms with Crippen molar-refractivity contribution in [3.8, 4) is 11.5 Å². The van der Waals surface area contributed by atoms with E-state index in [-0.39, 0.29) is 18.9 Å². The second kappa shape index (κ2) is 11.7. The Morgan fingerprint density at radius 3 is 2.43 bits per heavy atom. The number of nitrogens with one attached hydrogen (secondary N) is 1. The third kappa shape index (κ3) is 6.42. The van der Waals surface area contributed by atoms with Crippen LogP contribution in [0.3, 0.4) is 0 Å². The van der Waals surface area contributed by atoms with Crippen molar-refractivity contribution < 1.29 is 33.3 Å². The minimum Gasteiger partial charge on any atom is -0.489 e. The summed E-state index contributed by atoms with van der Waals surface area (Å²) in [6, 6.07) is 15.1. The number of benzene rings is 3. The number of amides is 2. The second-order valence-corrected chi connectivity index (χ2v) is 11.9. The van der Waals surface area contributed by atoms with Crippen LogP contribution in [0.25, 0.3) is 0 Å². The van der Waals surface area contributed by atoms with E-state index in [0.29, 0.717) is 39.4 Å². The number of methoxy groups -OCH3 is 1. The van der Waals surface area contributed by atoms with Crippen molar-refractivity contribution in [2.45, 2.75) is 58.1 Å². The summed E-state index contributed by atoms with van der Waals surface area (Å²) in [6.45, 7) is 5.70. The van der Waals surface area contributed by atoms with Gasteiger partial charge in [-0.1, -0.05) is 41.4 Å². The Kier molecular flexibility index (Phi) is 8.25. The maximum absolute atomic E-state index is 13.0. The molecule has 2 aliphatic heterocycles. The molecule has 2 atom stereocenters. The van der Waals surface area contributed by atoms with Crippen molar-refractivity contribution in [1.29, 1.82) is 0 Å². The number of nitrogens with zero attached hydrogens (tertiary/aromatic N) is 1. The third-order valence-corrected chi connectivity index (χ3v) is 7.59. The zero-order valence-corrected chi connectivity index (χ0v) is 25.0. The number of hydrogen-bond acceptors (Lipinski definition) is 7. The fourth-order valence-electron chi connectivity index (χ4n) is 4.80. The molecule has 11 heteroatoms. The summed E-state index contributed by atoms with van der Waals surface area (Å²) < 4.78 is 22.5. The molecular formula is C31H30Cl2N2O7. The van der Waals surface area contributed by atoms with Gasteiger partial charge in [0.1, 0.15) is 29.7 Å². The van der Waals surface area contributed by atoms with E-state index in [2.05, 4.69) is 5.32 Å². The van der Waals surface area contributed by atoms with E-state index < -0.39 is 29.8 Å². The standard InChI is InChI=1S/C31H30Cl2N2O7/c1-31(2,3)42-30(38)35-15-20-14-26-24(12-19(20)13-25(35)29(37)39-4)34-28(36)27(41-26)18-6-8-21(9-7-18)40-16-17-5-10-22(32)23(33)11-17/h5-12,14,25,27H,13,15-16H2,1-4H3,(H,34,36). The molecule has 220 valence electrons. The van der Waals surface area contributed by atoms with Crippen LogP contribution in [0.15, 0.2) is 54.6 Å².